The van der Waals surface area contributed by atoms with E-state index in [1.165, 1.54) is 0 Å². The standard InChI is InChI=1S/C14H20F2N2O3S/c1-5-18(9-13(19)17-14(2,3)4)22(20,21)10-6-7-11(15)12(16)8-10/h6-8H,5,9H2,1-4H3,(H,17,19). The first-order valence-electron chi connectivity index (χ1n) is 6.73. The second kappa shape index (κ2) is 6.70. The van der Waals surface area contributed by atoms with Gasteiger partial charge in [0.2, 0.25) is 15.9 Å². The highest BCUT2D eigenvalue weighted by Crippen LogP contribution is 2.18. The lowest BCUT2D eigenvalue weighted by Crippen LogP contribution is -2.47. The van der Waals surface area contributed by atoms with Crippen molar-refractivity contribution in [3.8, 4) is 0 Å². The lowest BCUT2D eigenvalue weighted by atomic mass is 10.1. The van der Waals surface area contributed by atoms with E-state index in [-0.39, 0.29) is 6.54 Å². The third-order valence-corrected chi connectivity index (χ3v) is 4.63. The molecule has 5 nitrogen and oxygen atoms in total. The number of hydrogen-bond acceptors (Lipinski definition) is 3. The number of likely N-dealkylation sites (N-methyl/N-ethyl adjacent to an activating group) is 1. The number of hydrogen-bond donors (Lipinski definition) is 1. The molecule has 124 valence electrons. The van der Waals surface area contributed by atoms with Crippen molar-refractivity contribution >= 4 is 15.9 Å². The zero-order chi connectivity index (χ0) is 17.1. The van der Waals surface area contributed by atoms with Crippen LogP contribution in [0.15, 0.2) is 23.1 Å². The van der Waals surface area contributed by atoms with Gasteiger partial charge in [0, 0.05) is 12.1 Å². The zero-order valence-corrected chi connectivity index (χ0v) is 13.8. The van der Waals surface area contributed by atoms with E-state index in [1.807, 2.05) is 0 Å². The van der Waals surface area contributed by atoms with E-state index >= 15 is 0 Å². The van der Waals surface area contributed by atoms with Crippen LogP contribution < -0.4 is 5.32 Å². The number of nitrogens with one attached hydrogen (secondary N) is 1. The Morgan fingerprint density at radius 1 is 1.23 bits per heavy atom. The van der Waals surface area contributed by atoms with Crippen LogP contribution >= 0.6 is 0 Å². The Balaban J connectivity index is 3.02. The van der Waals surface area contributed by atoms with E-state index in [0.717, 1.165) is 16.4 Å². The molecule has 1 rings (SSSR count). The molecule has 0 heterocycles. The van der Waals surface area contributed by atoms with E-state index in [2.05, 4.69) is 5.32 Å². The Morgan fingerprint density at radius 2 is 1.82 bits per heavy atom. The van der Waals surface area contributed by atoms with Gasteiger partial charge in [-0.05, 0) is 39.0 Å². The molecule has 0 atom stereocenters. The zero-order valence-electron chi connectivity index (χ0n) is 13.0. The van der Waals surface area contributed by atoms with Crippen LogP contribution in [-0.4, -0.2) is 37.3 Å². The predicted molar refractivity (Wildman–Crippen MR) is 78.7 cm³/mol. The summed E-state index contributed by atoms with van der Waals surface area (Å²) in [5.74, 6) is -2.86. The number of amides is 1. The van der Waals surface area contributed by atoms with Crippen LogP contribution in [0.4, 0.5) is 8.78 Å². The highest BCUT2D eigenvalue weighted by Gasteiger charge is 2.27. The van der Waals surface area contributed by atoms with Crippen molar-refractivity contribution in [1.82, 2.24) is 9.62 Å². The van der Waals surface area contributed by atoms with Gasteiger partial charge in [-0.15, -0.1) is 0 Å². The molecule has 0 aliphatic rings. The Morgan fingerprint density at radius 3 is 2.27 bits per heavy atom. The quantitative estimate of drug-likeness (QED) is 0.894. The van der Waals surface area contributed by atoms with Gasteiger partial charge >= 0.3 is 0 Å². The lowest BCUT2D eigenvalue weighted by molar-refractivity contribution is -0.122. The third-order valence-electron chi connectivity index (χ3n) is 2.72. The minimum absolute atomic E-state index is 0.0267. The molecule has 1 N–H and O–H groups in total. The summed E-state index contributed by atoms with van der Waals surface area (Å²) < 4.78 is 51.8. The van der Waals surface area contributed by atoms with Crippen molar-refractivity contribution < 1.29 is 22.0 Å². The van der Waals surface area contributed by atoms with Gasteiger partial charge in [-0.1, -0.05) is 6.92 Å². The molecule has 22 heavy (non-hydrogen) atoms. The summed E-state index contributed by atoms with van der Waals surface area (Å²) in [6, 6.07) is 2.32. The number of nitrogens with zero attached hydrogens (tertiary/aromatic N) is 1. The van der Waals surface area contributed by atoms with Gasteiger partial charge in [0.1, 0.15) is 0 Å². The highest BCUT2D eigenvalue weighted by molar-refractivity contribution is 7.89. The minimum Gasteiger partial charge on any atom is -0.350 e. The van der Waals surface area contributed by atoms with E-state index < -0.39 is 44.5 Å². The molecule has 0 bridgehead atoms. The molecule has 0 aromatic heterocycles. The van der Waals surface area contributed by atoms with Crippen LogP contribution in [0.2, 0.25) is 0 Å². The molecule has 1 aromatic rings. The van der Waals surface area contributed by atoms with Crippen LogP contribution in [0.5, 0.6) is 0 Å². The second-order valence-electron chi connectivity index (χ2n) is 5.81. The number of halogens is 2. The molecule has 1 amide bonds. The smallest absolute Gasteiger partial charge is 0.243 e. The first kappa shape index (κ1) is 18.5. The number of carbonyl (C=O) groups excluding carboxylic acids is 1. The van der Waals surface area contributed by atoms with Crippen LogP contribution in [0.1, 0.15) is 27.7 Å². The van der Waals surface area contributed by atoms with Gasteiger partial charge in [0.25, 0.3) is 0 Å². The predicted octanol–water partition coefficient (Wildman–Crippen LogP) is 1.89. The van der Waals surface area contributed by atoms with Crippen molar-refractivity contribution in [2.45, 2.75) is 38.1 Å². The average molecular weight is 334 g/mol. The fourth-order valence-corrected chi connectivity index (χ4v) is 3.19. The maximum atomic E-state index is 13.2. The second-order valence-corrected chi connectivity index (χ2v) is 7.74. The highest BCUT2D eigenvalue weighted by atomic mass is 32.2. The van der Waals surface area contributed by atoms with Crippen molar-refractivity contribution in [2.75, 3.05) is 13.1 Å². The Bertz CT molecular complexity index is 655. The van der Waals surface area contributed by atoms with Crippen LogP contribution in [0.25, 0.3) is 0 Å². The van der Waals surface area contributed by atoms with Crippen LogP contribution in [0, 0.1) is 11.6 Å². The molecule has 0 spiro atoms. The number of carbonyl (C=O) groups is 1. The van der Waals surface area contributed by atoms with E-state index in [0.29, 0.717) is 6.07 Å². The molecule has 0 saturated carbocycles. The molecule has 1 aromatic carbocycles. The molecular formula is C14H20F2N2O3S. The summed E-state index contributed by atoms with van der Waals surface area (Å²) in [7, 11) is -4.08. The van der Waals surface area contributed by atoms with Crippen LogP contribution in [-0.2, 0) is 14.8 Å². The summed E-state index contributed by atoms with van der Waals surface area (Å²) >= 11 is 0. The number of benzene rings is 1. The first-order valence-corrected chi connectivity index (χ1v) is 8.17. The van der Waals surface area contributed by atoms with Crippen LogP contribution in [0.3, 0.4) is 0 Å². The first-order chi connectivity index (χ1) is 9.97. The van der Waals surface area contributed by atoms with Crippen molar-refractivity contribution in [2.24, 2.45) is 0 Å². The third kappa shape index (κ3) is 4.74. The van der Waals surface area contributed by atoms with Gasteiger partial charge in [-0.25, -0.2) is 17.2 Å². The SMILES string of the molecule is CCN(CC(=O)NC(C)(C)C)S(=O)(=O)c1ccc(F)c(F)c1. The van der Waals surface area contributed by atoms with Gasteiger partial charge in [-0.3, -0.25) is 4.79 Å². The monoisotopic (exact) mass is 334 g/mol. The van der Waals surface area contributed by atoms with Crippen molar-refractivity contribution in [3.63, 3.8) is 0 Å². The summed E-state index contributed by atoms with van der Waals surface area (Å²) in [5.41, 5.74) is -0.498. The number of rotatable bonds is 5. The number of sulfonamides is 1. The maximum absolute atomic E-state index is 13.2. The fraction of sp³-hybridized carbons (Fsp3) is 0.500. The Kier molecular flexibility index (Phi) is 5.64. The topological polar surface area (TPSA) is 66.5 Å². The van der Waals surface area contributed by atoms with Crippen molar-refractivity contribution in [3.05, 3.63) is 29.8 Å². The molecule has 0 aliphatic heterocycles. The molecule has 8 heteroatoms. The van der Waals surface area contributed by atoms with E-state index in [9.17, 15) is 22.0 Å². The lowest BCUT2D eigenvalue weighted by Gasteiger charge is -2.24. The fourth-order valence-electron chi connectivity index (χ4n) is 1.77. The summed E-state index contributed by atoms with van der Waals surface area (Å²) in [6.45, 7) is 6.50. The van der Waals surface area contributed by atoms with Gasteiger partial charge < -0.3 is 5.32 Å². The Hall–Kier alpha value is -1.54. The Labute approximate surface area is 129 Å². The molecule has 0 unspecified atom stereocenters. The molecular weight excluding hydrogens is 314 g/mol. The summed E-state index contributed by atoms with van der Waals surface area (Å²) in [5, 5.41) is 2.65. The largest absolute Gasteiger partial charge is 0.350 e. The van der Waals surface area contributed by atoms with E-state index in [1.54, 1.807) is 27.7 Å². The molecule has 0 saturated heterocycles. The van der Waals surface area contributed by atoms with E-state index in [4.69, 9.17) is 0 Å². The van der Waals surface area contributed by atoms with Gasteiger partial charge in [-0.2, -0.15) is 4.31 Å². The van der Waals surface area contributed by atoms with Gasteiger partial charge in [0.15, 0.2) is 11.6 Å². The molecule has 0 aliphatic carbocycles. The van der Waals surface area contributed by atoms with Crippen molar-refractivity contribution in [1.29, 1.82) is 0 Å². The minimum atomic E-state index is -4.08. The normalized spacial score (nSPS) is 12.5. The molecule has 0 fully saturated rings. The van der Waals surface area contributed by atoms with Gasteiger partial charge in [0.05, 0.1) is 11.4 Å². The average Bonchev–Trinajstić information content (AvgIpc) is 2.36. The summed E-state index contributed by atoms with van der Waals surface area (Å²) in [4.78, 5) is 11.5. The maximum Gasteiger partial charge on any atom is 0.243 e. The molecule has 0 radical (unpaired) electrons. The summed E-state index contributed by atoms with van der Waals surface area (Å²) in [6.07, 6.45) is 0.